The van der Waals surface area contributed by atoms with Crippen molar-refractivity contribution < 1.29 is 0 Å². The molecule has 12 rings (SSSR count). The quantitative estimate of drug-likeness (QED) is 0.183. The minimum Gasteiger partial charge on any atom is -0.278 e. The number of fused-ring (bicyclic) bond motifs is 13. The number of nitrogens with zero attached hydrogens (tertiary/aromatic N) is 3. The van der Waals surface area contributed by atoms with E-state index in [1.165, 1.54) is 68.3 Å². The average molecular weight is 710 g/mol. The third-order valence-electron chi connectivity index (χ3n) is 10.8. The first-order valence-corrected chi connectivity index (χ1v) is 19.5. The van der Waals surface area contributed by atoms with Crippen LogP contribution in [-0.4, -0.2) is 14.5 Å². The van der Waals surface area contributed by atoms with Gasteiger partial charge in [-0.3, -0.25) is 4.57 Å². The number of hydrogen-bond donors (Lipinski definition) is 0. The largest absolute Gasteiger partial charge is 0.278 e. The number of aromatic nitrogens is 3. The van der Waals surface area contributed by atoms with Crippen LogP contribution < -0.4 is 0 Å². The molecule has 0 bridgehead atoms. The van der Waals surface area contributed by atoms with Crippen molar-refractivity contribution in [1.82, 2.24) is 14.5 Å². The highest BCUT2D eigenvalue weighted by Crippen LogP contribution is 2.45. The molecule has 0 N–H and O–H groups in total. The number of rotatable bonds is 3. The zero-order valence-corrected chi connectivity index (χ0v) is 29.9. The summed E-state index contributed by atoms with van der Waals surface area (Å²) in [5.41, 5.74) is 7.68. The molecule has 0 fully saturated rings. The Labute approximate surface area is 311 Å². The highest BCUT2D eigenvalue weighted by Gasteiger charge is 2.22. The highest BCUT2D eigenvalue weighted by atomic mass is 32.1. The Morgan fingerprint density at radius 2 is 1.04 bits per heavy atom. The number of benzene rings is 8. The fraction of sp³-hybridized carbons (Fsp3) is 0. The maximum absolute atomic E-state index is 5.55. The third-order valence-corrected chi connectivity index (χ3v) is 13.2. The summed E-state index contributed by atoms with van der Waals surface area (Å²) in [5, 5.41) is 11.1. The Bertz CT molecular complexity index is 3370. The molecule has 8 aromatic carbocycles. The zero-order valence-electron chi connectivity index (χ0n) is 28.2. The van der Waals surface area contributed by atoms with E-state index >= 15 is 0 Å². The minimum atomic E-state index is 0.679. The molecule has 0 spiro atoms. The van der Waals surface area contributed by atoms with Gasteiger partial charge in [-0.15, -0.1) is 22.7 Å². The van der Waals surface area contributed by atoms with Crippen molar-refractivity contribution in [2.24, 2.45) is 0 Å². The molecule has 0 aliphatic carbocycles. The molecule has 4 aromatic heterocycles. The number of thiophene rings is 2. The second-order valence-electron chi connectivity index (χ2n) is 13.7. The van der Waals surface area contributed by atoms with Crippen molar-refractivity contribution in [3.63, 3.8) is 0 Å². The first kappa shape index (κ1) is 29.2. The van der Waals surface area contributed by atoms with Gasteiger partial charge in [0, 0.05) is 46.6 Å². The second-order valence-corrected chi connectivity index (χ2v) is 15.8. The first-order valence-electron chi connectivity index (χ1n) is 17.8. The van der Waals surface area contributed by atoms with Gasteiger partial charge in [-0.05, 0) is 63.0 Å². The van der Waals surface area contributed by atoms with E-state index in [0.29, 0.717) is 5.95 Å². The fourth-order valence-corrected chi connectivity index (χ4v) is 10.8. The molecule has 246 valence electrons. The molecule has 4 heterocycles. The Morgan fingerprint density at radius 3 is 1.79 bits per heavy atom. The monoisotopic (exact) mass is 709 g/mol. The van der Waals surface area contributed by atoms with Gasteiger partial charge in [0.25, 0.3) is 0 Å². The molecule has 12 aromatic rings. The summed E-state index contributed by atoms with van der Waals surface area (Å²) in [6.45, 7) is 0. The molecular weight excluding hydrogens is 683 g/mol. The van der Waals surface area contributed by atoms with E-state index < -0.39 is 0 Å². The topological polar surface area (TPSA) is 30.7 Å². The maximum Gasteiger partial charge on any atom is 0.235 e. The maximum atomic E-state index is 5.55. The van der Waals surface area contributed by atoms with Crippen LogP contribution >= 0.6 is 22.7 Å². The Balaban J connectivity index is 1.19. The summed E-state index contributed by atoms with van der Waals surface area (Å²) in [7, 11) is 0. The van der Waals surface area contributed by atoms with Crippen LogP contribution in [0, 0.1) is 0 Å². The summed E-state index contributed by atoms with van der Waals surface area (Å²) in [4.78, 5) is 11.0. The predicted molar refractivity (Wildman–Crippen MR) is 228 cm³/mol. The van der Waals surface area contributed by atoms with Crippen molar-refractivity contribution in [1.29, 1.82) is 0 Å². The first-order chi connectivity index (χ1) is 26.3. The molecule has 5 heteroatoms. The van der Waals surface area contributed by atoms with Crippen molar-refractivity contribution in [3.8, 4) is 28.3 Å². The van der Waals surface area contributed by atoms with Crippen LogP contribution in [0.4, 0.5) is 0 Å². The van der Waals surface area contributed by atoms with Crippen LogP contribution in [-0.2, 0) is 0 Å². The summed E-state index contributed by atoms with van der Waals surface area (Å²) >= 11 is 3.65. The lowest BCUT2D eigenvalue weighted by Crippen LogP contribution is -2.02. The van der Waals surface area contributed by atoms with Gasteiger partial charge in [0.2, 0.25) is 5.95 Å². The van der Waals surface area contributed by atoms with E-state index in [1.807, 2.05) is 11.3 Å². The van der Waals surface area contributed by atoms with E-state index in [2.05, 4.69) is 168 Å². The smallest absolute Gasteiger partial charge is 0.235 e. The van der Waals surface area contributed by atoms with Gasteiger partial charge in [0.05, 0.1) is 26.9 Å². The van der Waals surface area contributed by atoms with Crippen molar-refractivity contribution in [3.05, 3.63) is 164 Å². The molecule has 3 nitrogen and oxygen atoms in total. The van der Waals surface area contributed by atoms with Crippen LogP contribution in [0.2, 0.25) is 0 Å². The lowest BCUT2D eigenvalue weighted by Gasteiger charge is -2.10. The molecular formula is C48H27N3S2. The van der Waals surface area contributed by atoms with Gasteiger partial charge in [-0.25, -0.2) is 9.97 Å². The summed E-state index contributed by atoms with van der Waals surface area (Å²) in [6, 6.07) is 59.3. The fourth-order valence-electron chi connectivity index (χ4n) is 8.43. The van der Waals surface area contributed by atoms with Crippen molar-refractivity contribution in [2.75, 3.05) is 0 Å². The van der Waals surface area contributed by atoms with Crippen molar-refractivity contribution >= 4 is 106 Å². The minimum absolute atomic E-state index is 0.679. The van der Waals surface area contributed by atoms with Gasteiger partial charge in [-0.2, -0.15) is 0 Å². The molecule has 0 saturated heterocycles. The number of hydrogen-bond acceptors (Lipinski definition) is 4. The van der Waals surface area contributed by atoms with E-state index in [1.54, 1.807) is 11.3 Å². The van der Waals surface area contributed by atoms with Crippen LogP contribution in [0.25, 0.3) is 112 Å². The van der Waals surface area contributed by atoms with Gasteiger partial charge in [-0.1, -0.05) is 133 Å². The molecule has 0 unspecified atom stereocenters. The zero-order chi connectivity index (χ0) is 34.6. The van der Waals surface area contributed by atoms with E-state index in [4.69, 9.17) is 9.97 Å². The van der Waals surface area contributed by atoms with Gasteiger partial charge in [0.15, 0.2) is 0 Å². The van der Waals surface area contributed by atoms with E-state index in [9.17, 15) is 0 Å². The molecule has 0 aliphatic rings. The van der Waals surface area contributed by atoms with Crippen LogP contribution in [0.5, 0.6) is 0 Å². The molecule has 0 saturated carbocycles. The molecule has 0 atom stereocenters. The third kappa shape index (κ3) is 4.20. The summed E-state index contributed by atoms with van der Waals surface area (Å²) in [5.74, 6) is 0.679. The van der Waals surface area contributed by atoms with E-state index in [0.717, 1.165) is 37.9 Å². The van der Waals surface area contributed by atoms with Crippen LogP contribution in [0.3, 0.4) is 0 Å². The Morgan fingerprint density at radius 1 is 0.415 bits per heavy atom. The predicted octanol–water partition coefficient (Wildman–Crippen LogP) is 13.9. The van der Waals surface area contributed by atoms with Gasteiger partial charge < -0.3 is 0 Å². The Hall–Kier alpha value is -6.40. The van der Waals surface area contributed by atoms with Gasteiger partial charge in [0.1, 0.15) is 0 Å². The normalized spacial score (nSPS) is 12.2. The average Bonchev–Trinajstić information content (AvgIpc) is 3.90. The lowest BCUT2D eigenvalue weighted by molar-refractivity contribution is 1.02. The second kappa shape index (κ2) is 11.1. The van der Waals surface area contributed by atoms with Crippen LogP contribution in [0.1, 0.15) is 0 Å². The molecule has 53 heavy (non-hydrogen) atoms. The standard InChI is InChI=1S/C48H27N3S2/c1-2-13-30(14-3-1)44-47-45(37-27-31(23-26-41(37)53-47)34-18-10-19-36-35-17-8-9-20-40(35)52-46(34)36)50-48(49-44)51-38-24-21-28-11-4-6-15-32(28)42(38)43-33-16-7-5-12-29(33)22-25-39(43)51/h1-27H. The SMILES string of the molecule is c1ccc(-c2nc(-n3c4ccc5ccccc5c4c4c5ccccc5ccc43)nc3c2sc2ccc(-c4cccc5c4sc4ccccc45)cc23)cc1. The highest BCUT2D eigenvalue weighted by molar-refractivity contribution is 7.26. The lowest BCUT2D eigenvalue weighted by atomic mass is 10.00. The van der Waals surface area contributed by atoms with Gasteiger partial charge >= 0.3 is 0 Å². The molecule has 0 aliphatic heterocycles. The Kier molecular flexibility index (Phi) is 6.09. The molecule has 0 amide bonds. The van der Waals surface area contributed by atoms with Crippen LogP contribution in [0.15, 0.2) is 164 Å². The molecule has 0 radical (unpaired) electrons. The van der Waals surface area contributed by atoms with Crippen molar-refractivity contribution in [2.45, 2.75) is 0 Å². The summed E-state index contributed by atoms with van der Waals surface area (Å²) < 4.78 is 7.23. The summed E-state index contributed by atoms with van der Waals surface area (Å²) in [6.07, 6.45) is 0. The van der Waals surface area contributed by atoms with E-state index in [-0.39, 0.29) is 0 Å².